The van der Waals surface area contributed by atoms with Crippen molar-refractivity contribution in [3.8, 4) is 11.5 Å². The van der Waals surface area contributed by atoms with E-state index in [1.165, 1.54) is 18.3 Å². The van der Waals surface area contributed by atoms with Crippen molar-refractivity contribution in [3.63, 3.8) is 0 Å². The standard InChI is InChI=1S/C15H10ClNO5/c16-10-3-4-17-11(6-10)15(19)20-7-12(18)9-1-2-13-14(5-9)22-8-21-13/h1-6H,7-8H2. The smallest absolute Gasteiger partial charge is 0.357 e. The second-order valence-electron chi connectivity index (χ2n) is 4.43. The first-order valence-corrected chi connectivity index (χ1v) is 6.73. The summed E-state index contributed by atoms with van der Waals surface area (Å²) in [5.41, 5.74) is 0.419. The number of carbonyl (C=O) groups excluding carboxylic acids is 2. The van der Waals surface area contributed by atoms with Crippen LogP contribution in [0.2, 0.25) is 5.02 Å². The van der Waals surface area contributed by atoms with Crippen LogP contribution in [-0.2, 0) is 4.74 Å². The highest BCUT2D eigenvalue weighted by atomic mass is 35.5. The van der Waals surface area contributed by atoms with Crippen molar-refractivity contribution < 1.29 is 23.8 Å². The first kappa shape index (κ1) is 14.3. The van der Waals surface area contributed by atoms with Crippen molar-refractivity contribution in [2.24, 2.45) is 0 Å². The zero-order valence-electron chi connectivity index (χ0n) is 11.2. The molecule has 22 heavy (non-hydrogen) atoms. The van der Waals surface area contributed by atoms with Crippen LogP contribution in [0.4, 0.5) is 0 Å². The van der Waals surface area contributed by atoms with Gasteiger partial charge >= 0.3 is 5.97 Å². The van der Waals surface area contributed by atoms with Crippen LogP contribution in [0.3, 0.4) is 0 Å². The van der Waals surface area contributed by atoms with Crippen LogP contribution in [0.1, 0.15) is 20.8 Å². The Morgan fingerprint density at radius 1 is 1.18 bits per heavy atom. The predicted molar refractivity (Wildman–Crippen MR) is 76.4 cm³/mol. The fraction of sp³-hybridized carbons (Fsp3) is 0.133. The maximum Gasteiger partial charge on any atom is 0.357 e. The zero-order valence-corrected chi connectivity index (χ0v) is 12.0. The van der Waals surface area contributed by atoms with Gasteiger partial charge in [-0.2, -0.15) is 0 Å². The molecule has 2 heterocycles. The lowest BCUT2D eigenvalue weighted by molar-refractivity contribution is 0.0469. The molecule has 0 saturated carbocycles. The second kappa shape index (κ2) is 6.03. The highest BCUT2D eigenvalue weighted by molar-refractivity contribution is 6.30. The summed E-state index contributed by atoms with van der Waals surface area (Å²) in [5.74, 6) is 0.00984. The summed E-state index contributed by atoms with van der Waals surface area (Å²) < 4.78 is 15.3. The normalized spacial score (nSPS) is 12.0. The molecule has 112 valence electrons. The number of aromatic nitrogens is 1. The van der Waals surface area contributed by atoms with Gasteiger partial charge in [0.05, 0.1) is 0 Å². The summed E-state index contributed by atoms with van der Waals surface area (Å²) in [7, 11) is 0. The molecule has 0 aliphatic carbocycles. The minimum atomic E-state index is -0.711. The molecule has 0 bridgehead atoms. The van der Waals surface area contributed by atoms with Crippen LogP contribution >= 0.6 is 11.6 Å². The summed E-state index contributed by atoms with van der Waals surface area (Å²) >= 11 is 5.76. The van der Waals surface area contributed by atoms with E-state index in [1.807, 2.05) is 0 Å². The van der Waals surface area contributed by atoms with E-state index in [1.54, 1.807) is 18.2 Å². The maximum absolute atomic E-state index is 12.0. The van der Waals surface area contributed by atoms with E-state index in [0.29, 0.717) is 22.1 Å². The number of fused-ring (bicyclic) bond motifs is 1. The third-order valence-corrected chi connectivity index (χ3v) is 3.20. The Kier molecular flexibility index (Phi) is 3.93. The number of ether oxygens (including phenoxy) is 3. The molecule has 2 aromatic rings. The average Bonchev–Trinajstić information content (AvgIpc) is 2.99. The van der Waals surface area contributed by atoms with Gasteiger partial charge in [0.15, 0.2) is 23.9 Å². The first-order chi connectivity index (χ1) is 10.6. The van der Waals surface area contributed by atoms with E-state index in [0.717, 1.165) is 0 Å². The van der Waals surface area contributed by atoms with Gasteiger partial charge in [-0.15, -0.1) is 0 Å². The van der Waals surface area contributed by atoms with Gasteiger partial charge in [-0.1, -0.05) is 11.6 Å². The predicted octanol–water partition coefficient (Wildman–Crippen LogP) is 2.50. The van der Waals surface area contributed by atoms with E-state index in [9.17, 15) is 9.59 Å². The summed E-state index contributed by atoms with van der Waals surface area (Å²) in [6.07, 6.45) is 1.39. The Bertz CT molecular complexity index is 746. The van der Waals surface area contributed by atoms with Gasteiger partial charge in [0.2, 0.25) is 6.79 Å². The van der Waals surface area contributed by atoms with Gasteiger partial charge in [-0.25, -0.2) is 9.78 Å². The van der Waals surface area contributed by atoms with Crippen LogP contribution in [-0.4, -0.2) is 30.1 Å². The number of Topliss-reactive ketones (excluding diaryl/α,β-unsaturated/α-hetero) is 1. The third-order valence-electron chi connectivity index (χ3n) is 2.96. The molecule has 7 heteroatoms. The van der Waals surface area contributed by atoms with Crippen molar-refractivity contribution in [1.82, 2.24) is 4.98 Å². The number of ketones is 1. The van der Waals surface area contributed by atoms with Gasteiger partial charge < -0.3 is 14.2 Å². The number of nitrogens with zero attached hydrogens (tertiary/aromatic N) is 1. The van der Waals surface area contributed by atoms with E-state index < -0.39 is 12.6 Å². The van der Waals surface area contributed by atoms with Crippen molar-refractivity contribution in [2.75, 3.05) is 13.4 Å². The minimum Gasteiger partial charge on any atom is -0.454 e. The molecule has 0 amide bonds. The number of hydrogen-bond acceptors (Lipinski definition) is 6. The first-order valence-electron chi connectivity index (χ1n) is 6.35. The fourth-order valence-electron chi connectivity index (χ4n) is 1.87. The molecule has 3 rings (SSSR count). The molecule has 6 nitrogen and oxygen atoms in total. The number of halogens is 1. The lowest BCUT2D eigenvalue weighted by Gasteiger charge is -2.05. The van der Waals surface area contributed by atoms with Crippen LogP contribution < -0.4 is 9.47 Å². The van der Waals surface area contributed by atoms with Crippen molar-refractivity contribution in [3.05, 3.63) is 52.8 Å². The summed E-state index contributed by atoms with van der Waals surface area (Å²) in [5, 5.41) is 0.365. The minimum absolute atomic E-state index is 0.0472. The summed E-state index contributed by atoms with van der Waals surface area (Å²) in [6.45, 7) is -0.269. The highest BCUT2D eigenvalue weighted by Crippen LogP contribution is 2.32. The Hall–Kier alpha value is -2.60. The lowest BCUT2D eigenvalue weighted by atomic mass is 10.1. The Balaban J connectivity index is 1.64. The molecule has 1 aliphatic heterocycles. The SMILES string of the molecule is O=C(COC(=O)c1cc(Cl)ccn1)c1ccc2c(c1)OCO2. The second-order valence-corrected chi connectivity index (χ2v) is 4.86. The molecule has 1 aromatic heterocycles. The number of esters is 1. The molecular formula is C15H10ClNO5. The summed E-state index contributed by atoms with van der Waals surface area (Å²) in [6, 6.07) is 7.68. The largest absolute Gasteiger partial charge is 0.454 e. The van der Waals surface area contributed by atoms with Gasteiger partial charge in [-0.05, 0) is 30.3 Å². The molecule has 0 atom stereocenters. The zero-order chi connectivity index (χ0) is 15.5. The fourth-order valence-corrected chi connectivity index (χ4v) is 2.03. The molecule has 0 spiro atoms. The molecule has 0 N–H and O–H groups in total. The molecule has 0 radical (unpaired) electrons. The van der Waals surface area contributed by atoms with Gasteiger partial charge in [0.25, 0.3) is 0 Å². The molecule has 1 aromatic carbocycles. The monoisotopic (exact) mass is 319 g/mol. The lowest BCUT2D eigenvalue weighted by Crippen LogP contribution is -2.15. The Labute approximate surface area is 130 Å². The number of hydrogen-bond donors (Lipinski definition) is 0. The summed E-state index contributed by atoms with van der Waals surface area (Å²) in [4.78, 5) is 27.6. The van der Waals surface area contributed by atoms with Crippen LogP contribution in [0.5, 0.6) is 11.5 Å². The topological polar surface area (TPSA) is 74.7 Å². The highest BCUT2D eigenvalue weighted by Gasteiger charge is 2.18. The maximum atomic E-state index is 12.0. The Morgan fingerprint density at radius 3 is 2.82 bits per heavy atom. The van der Waals surface area contributed by atoms with Crippen molar-refractivity contribution in [2.45, 2.75) is 0 Å². The van der Waals surface area contributed by atoms with E-state index >= 15 is 0 Å². The van der Waals surface area contributed by atoms with Gasteiger partial charge in [-0.3, -0.25) is 4.79 Å². The van der Waals surface area contributed by atoms with Gasteiger partial charge in [0.1, 0.15) is 5.69 Å². The third kappa shape index (κ3) is 3.01. The van der Waals surface area contributed by atoms with Crippen molar-refractivity contribution in [1.29, 1.82) is 0 Å². The molecule has 0 fully saturated rings. The molecule has 0 saturated heterocycles. The number of pyridine rings is 1. The van der Waals surface area contributed by atoms with E-state index in [4.69, 9.17) is 25.8 Å². The number of benzene rings is 1. The van der Waals surface area contributed by atoms with Crippen LogP contribution in [0.15, 0.2) is 36.5 Å². The molecular weight excluding hydrogens is 310 g/mol. The quantitative estimate of drug-likeness (QED) is 0.636. The van der Waals surface area contributed by atoms with Crippen LogP contribution in [0, 0.1) is 0 Å². The Morgan fingerprint density at radius 2 is 2.00 bits per heavy atom. The van der Waals surface area contributed by atoms with Gasteiger partial charge in [0, 0.05) is 16.8 Å². The van der Waals surface area contributed by atoms with E-state index in [-0.39, 0.29) is 18.3 Å². The average molecular weight is 320 g/mol. The van der Waals surface area contributed by atoms with E-state index in [2.05, 4.69) is 4.98 Å². The van der Waals surface area contributed by atoms with Crippen LogP contribution in [0.25, 0.3) is 0 Å². The molecule has 0 unspecified atom stereocenters. The van der Waals surface area contributed by atoms with Crippen molar-refractivity contribution >= 4 is 23.4 Å². The molecule has 1 aliphatic rings. The number of rotatable bonds is 4. The number of carbonyl (C=O) groups is 2.